The van der Waals surface area contributed by atoms with E-state index in [1.54, 1.807) is 0 Å². The topological polar surface area (TPSA) is 86.5 Å². The van der Waals surface area contributed by atoms with Gasteiger partial charge in [-0.05, 0) is 37.0 Å². The minimum Gasteiger partial charge on any atom is -0.465 e. The van der Waals surface area contributed by atoms with Gasteiger partial charge in [0.1, 0.15) is 5.76 Å². The Bertz CT molecular complexity index is 871. The van der Waals surface area contributed by atoms with Gasteiger partial charge in [0.25, 0.3) is 5.56 Å². The molecular weight excluding hydrogens is 353 g/mol. The molecule has 1 aliphatic rings. The molecule has 9 heteroatoms. The first-order chi connectivity index (χ1) is 12.2. The number of piperidine rings is 1. The van der Waals surface area contributed by atoms with E-state index in [0.29, 0.717) is 24.2 Å². The number of rotatable bonds is 2. The Morgan fingerprint density at radius 3 is 2.62 bits per heavy atom. The van der Waals surface area contributed by atoms with Crippen molar-refractivity contribution in [3.05, 3.63) is 57.1 Å². The second-order valence-electron chi connectivity index (χ2n) is 6.40. The molecule has 0 radical (unpaired) electrons. The van der Waals surface area contributed by atoms with Gasteiger partial charge in [0.05, 0.1) is 11.6 Å². The summed E-state index contributed by atoms with van der Waals surface area (Å²) in [7, 11) is 0. The summed E-state index contributed by atoms with van der Waals surface area (Å²) in [4.78, 5) is 24.0. The van der Waals surface area contributed by atoms with Gasteiger partial charge in [-0.25, -0.2) is 4.79 Å². The number of nitrogens with one attached hydrogen (secondary N) is 1. The number of amides is 1. The lowest BCUT2D eigenvalue weighted by molar-refractivity contribution is -0.138. The van der Waals surface area contributed by atoms with E-state index in [0.717, 1.165) is 6.07 Å². The number of halogens is 3. The first kappa shape index (κ1) is 18.1. The molecule has 0 spiro atoms. The van der Waals surface area contributed by atoms with Gasteiger partial charge in [-0.15, -0.1) is 0 Å². The predicted octanol–water partition coefficient (Wildman–Crippen LogP) is 3.89. The Kier molecular flexibility index (Phi) is 4.55. The fraction of sp³-hybridized carbons (Fsp3) is 0.412. The SMILES string of the molecule is Cc1cc(C2CC(c3cc(=O)[nH]o3)CCN2C(=O)O)ccc1C(F)(F)F. The zero-order chi connectivity index (χ0) is 19.1. The van der Waals surface area contributed by atoms with Crippen LogP contribution in [0.5, 0.6) is 0 Å². The van der Waals surface area contributed by atoms with Crippen LogP contribution in [0, 0.1) is 6.92 Å². The number of aryl methyl sites for hydroxylation is 1. The highest BCUT2D eigenvalue weighted by Gasteiger charge is 2.36. The molecule has 1 aliphatic heterocycles. The number of H-pyrrole nitrogens is 1. The fourth-order valence-electron chi connectivity index (χ4n) is 3.48. The van der Waals surface area contributed by atoms with Gasteiger partial charge in [-0.2, -0.15) is 18.3 Å². The van der Waals surface area contributed by atoms with E-state index in [1.165, 1.54) is 30.0 Å². The zero-order valence-corrected chi connectivity index (χ0v) is 13.8. The highest BCUT2D eigenvalue weighted by atomic mass is 19.4. The van der Waals surface area contributed by atoms with Crippen LogP contribution < -0.4 is 5.56 Å². The summed E-state index contributed by atoms with van der Waals surface area (Å²) in [5.74, 6) is 0.228. The van der Waals surface area contributed by atoms with Gasteiger partial charge in [-0.1, -0.05) is 12.1 Å². The average molecular weight is 370 g/mol. The molecule has 0 bridgehead atoms. The minimum atomic E-state index is -4.46. The van der Waals surface area contributed by atoms with Crippen LogP contribution in [0.15, 0.2) is 33.6 Å². The van der Waals surface area contributed by atoms with Crippen LogP contribution in [0.25, 0.3) is 0 Å². The maximum absolute atomic E-state index is 13.0. The number of hydrogen-bond donors (Lipinski definition) is 2. The van der Waals surface area contributed by atoms with E-state index in [2.05, 4.69) is 5.16 Å². The predicted molar refractivity (Wildman–Crippen MR) is 85.0 cm³/mol. The molecule has 2 aromatic rings. The van der Waals surface area contributed by atoms with Crippen molar-refractivity contribution in [1.29, 1.82) is 0 Å². The summed E-state index contributed by atoms with van der Waals surface area (Å²) in [5, 5.41) is 11.7. The first-order valence-corrected chi connectivity index (χ1v) is 8.02. The molecule has 1 fully saturated rings. The molecule has 2 N–H and O–H groups in total. The largest absolute Gasteiger partial charge is 0.465 e. The molecule has 1 aromatic carbocycles. The second-order valence-corrected chi connectivity index (χ2v) is 6.40. The third-order valence-electron chi connectivity index (χ3n) is 4.73. The Labute approximate surface area is 146 Å². The molecule has 1 saturated heterocycles. The molecule has 6 nitrogen and oxygen atoms in total. The molecule has 3 rings (SSSR count). The van der Waals surface area contributed by atoms with Crippen molar-refractivity contribution >= 4 is 6.09 Å². The number of aromatic nitrogens is 1. The maximum Gasteiger partial charge on any atom is 0.416 e. The van der Waals surface area contributed by atoms with Crippen molar-refractivity contribution in [2.24, 2.45) is 0 Å². The van der Waals surface area contributed by atoms with Crippen LogP contribution in [0.1, 0.15) is 47.3 Å². The van der Waals surface area contributed by atoms with Crippen LogP contribution in [0.2, 0.25) is 0 Å². The van der Waals surface area contributed by atoms with Crippen molar-refractivity contribution in [3.63, 3.8) is 0 Å². The smallest absolute Gasteiger partial charge is 0.416 e. The van der Waals surface area contributed by atoms with E-state index < -0.39 is 23.9 Å². The van der Waals surface area contributed by atoms with Gasteiger partial charge >= 0.3 is 12.3 Å². The number of hydrogen-bond acceptors (Lipinski definition) is 3. The normalized spacial score (nSPS) is 21.0. The molecule has 26 heavy (non-hydrogen) atoms. The number of benzene rings is 1. The summed E-state index contributed by atoms with van der Waals surface area (Å²) in [6.07, 6.45) is -4.82. The molecular formula is C17H17F3N2O4. The average Bonchev–Trinajstić information content (AvgIpc) is 2.99. The van der Waals surface area contributed by atoms with Crippen LogP contribution in [-0.4, -0.2) is 27.8 Å². The summed E-state index contributed by atoms with van der Waals surface area (Å²) in [5.41, 5.74) is -0.606. The lowest BCUT2D eigenvalue weighted by atomic mass is 9.85. The number of aromatic amines is 1. The Morgan fingerprint density at radius 1 is 1.35 bits per heavy atom. The molecule has 2 unspecified atom stereocenters. The van der Waals surface area contributed by atoms with E-state index >= 15 is 0 Å². The number of alkyl halides is 3. The third-order valence-corrected chi connectivity index (χ3v) is 4.73. The van der Waals surface area contributed by atoms with Crippen LogP contribution >= 0.6 is 0 Å². The molecule has 2 atom stereocenters. The number of carbonyl (C=O) groups is 1. The monoisotopic (exact) mass is 370 g/mol. The molecule has 0 saturated carbocycles. The van der Waals surface area contributed by atoms with Crippen LogP contribution in [0.4, 0.5) is 18.0 Å². The number of carboxylic acid groups (broad SMARTS) is 1. The van der Waals surface area contributed by atoms with E-state index in [-0.39, 0.29) is 23.6 Å². The van der Waals surface area contributed by atoms with Crippen molar-refractivity contribution in [2.45, 2.75) is 37.9 Å². The fourth-order valence-corrected chi connectivity index (χ4v) is 3.48. The van der Waals surface area contributed by atoms with Gasteiger partial charge < -0.3 is 14.5 Å². The zero-order valence-electron chi connectivity index (χ0n) is 13.8. The molecule has 140 valence electrons. The summed E-state index contributed by atoms with van der Waals surface area (Å²) in [6.45, 7) is 1.54. The van der Waals surface area contributed by atoms with Gasteiger partial charge in [-0.3, -0.25) is 4.79 Å². The van der Waals surface area contributed by atoms with Crippen molar-refractivity contribution < 1.29 is 27.6 Å². The number of likely N-dealkylation sites (tertiary alicyclic amines) is 1. The van der Waals surface area contributed by atoms with Crippen molar-refractivity contribution in [3.8, 4) is 0 Å². The quantitative estimate of drug-likeness (QED) is 0.840. The summed E-state index contributed by atoms with van der Waals surface area (Å²) in [6, 6.07) is 4.36. The van der Waals surface area contributed by atoms with Crippen LogP contribution in [0.3, 0.4) is 0 Å². The third kappa shape index (κ3) is 3.47. The maximum atomic E-state index is 13.0. The first-order valence-electron chi connectivity index (χ1n) is 8.02. The van der Waals surface area contributed by atoms with Crippen molar-refractivity contribution in [2.75, 3.05) is 6.54 Å². The lowest BCUT2D eigenvalue weighted by Crippen LogP contribution is -2.39. The van der Waals surface area contributed by atoms with Crippen LogP contribution in [-0.2, 0) is 6.18 Å². The number of nitrogens with zero attached hydrogens (tertiary/aromatic N) is 1. The lowest BCUT2D eigenvalue weighted by Gasteiger charge is -2.37. The molecule has 0 aliphatic carbocycles. The summed E-state index contributed by atoms with van der Waals surface area (Å²) < 4.78 is 44.0. The molecule has 2 heterocycles. The highest BCUT2D eigenvalue weighted by Crippen LogP contribution is 2.40. The standard InChI is InChI=1S/C17H17F3N2O4/c1-9-6-10(2-3-12(9)17(18,19)20)13-7-11(4-5-22(13)16(24)25)14-8-15(23)21-26-14/h2-3,6,8,11,13H,4-5,7H2,1H3,(H,21,23)(H,24,25). The summed E-state index contributed by atoms with van der Waals surface area (Å²) >= 11 is 0. The second kappa shape index (κ2) is 6.54. The Morgan fingerprint density at radius 2 is 2.08 bits per heavy atom. The Balaban J connectivity index is 1.94. The van der Waals surface area contributed by atoms with Gasteiger partial charge in [0.2, 0.25) is 0 Å². The minimum absolute atomic E-state index is 0.0376. The van der Waals surface area contributed by atoms with E-state index in [4.69, 9.17) is 4.52 Å². The van der Waals surface area contributed by atoms with Gasteiger partial charge in [0.15, 0.2) is 0 Å². The Hall–Kier alpha value is -2.71. The van der Waals surface area contributed by atoms with Crippen molar-refractivity contribution in [1.82, 2.24) is 10.1 Å². The van der Waals surface area contributed by atoms with Gasteiger partial charge in [0, 0.05) is 18.5 Å². The highest BCUT2D eigenvalue weighted by molar-refractivity contribution is 5.66. The molecule has 1 amide bonds. The van der Waals surface area contributed by atoms with E-state index in [1.807, 2.05) is 0 Å². The molecule has 1 aromatic heterocycles. The van der Waals surface area contributed by atoms with E-state index in [9.17, 15) is 27.9 Å².